The number of anilines is 1. The summed E-state index contributed by atoms with van der Waals surface area (Å²) in [5.74, 6) is -0.151. The van der Waals surface area contributed by atoms with Gasteiger partial charge in [0.1, 0.15) is 11.3 Å². The predicted molar refractivity (Wildman–Crippen MR) is 80.7 cm³/mol. The minimum atomic E-state index is -0.530. The van der Waals surface area contributed by atoms with Crippen molar-refractivity contribution in [2.75, 3.05) is 12.3 Å². The Kier molecular flexibility index (Phi) is 5.43. The molecule has 1 atom stereocenters. The van der Waals surface area contributed by atoms with E-state index in [1.54, 1.807) is 0 Å². The van der Waals surface area contributed by atoms with Gasteiger partial charge in [-0.3, -0.25) is 0 Å². The first kappa shape index (κ1) is 16.3. The van der Waals surface area contributed by atoms with Crippen LogP contribution in [0.1, 0.15) is 50.9 Å². The number of carbonyl (C=O) groups excluding carboxylic acids is 1. The van der Waals surface area contributed by atoms with Crippen LogP contribution in [0.4, 0.5) is 5.69 Å². The van der Waals surface area contributed by atoms with Crippen molar-refractivity contribution in [3.8, 4) is 5.75 Å². The summed E-state index contributed by atoms with van der Waals surface area (Å²) in [6, 6.07) is 4.36. The maximum Gasteiger partial charge on any atom is 0.341 e. The van der Waals surface area contributed by atoms with Gasteiger partial charge in [0.05, 0.1) is 6.61 Å². The van der Waals surface area contributed by atoms with Gasteiger partial charge >= 0.3 is 5.97 Å². The lowest BCUT2D eigenvalue weighted by Gasteiger charge is -2.23. The zero-order valence-corrected chi connectivity index (χ0v) is 12.8. The highest BCUT2D eigenvalue weighted by molar-refractivity contribution is 5.93. The molecule has 112 valence electrons. The average molecular weight is 279 g/mol. The third kappa shape index (κ3) is 5.51. The third-order valence-corrected chi connectivity index (χ3v) is 3.05. The summed E-state index contributed by atoms with van der Waals surface area (Å²) in [6.45, 7) is 9.09. The van der Waals surface area contributed by atoms with Crippen molar-refractivity contribution in [2.24, 2.45) is 11.3 Å². The zero-order valence-electron chi connectivity index (χ0n) is 12.8. The van der Waals surface area contributed by atoms with E-state index in [4.69, 9.17) is 10.5 Å². The van der Waals surface area contributed by atoms with Gasteiger partial charge in [-0.1, -0.05) is 27.7 Å². The van der Waals surface area contributed by atoms with Crippen LogP contribution in [-0.2, 0) is 4.74 Å². The summed E-state index contributed by atoms with van der Waals surface area (Å²) in [5.41, 5.74) is 6.41. The van der Waals surface area contributed by atoms with Crippen molar-refractivity contribution in [1.29, 1.82) is 0 Å². The lowest BCUT2D eigenvalue weighted by atomic mass is 9.84. The van der Waals surface area contributed by atoms with Crippen LogP contribution in [0.3, 0.4) is 0 Å². The van der Waals surface area contributed by atoms with Crippen molar-refractivity contribution in [1.82, 2.24) is 0 Å². The smallest absolute Gasteiger partial charge is 0.341 e. The Hall–Kier alpha value is -1.71. The molecule has 0 aliphatic heterocycles. The molecule has 0 fully saturated rings. The highest BCUT2D eigenvalue weighted by Gasteiger charge is 2.17. The van der Waals surface area contributed by atoms with Crippen LogP contribution in [-0.4, -0.2) is 17.7 Å². The number of esters is 1. The number of hydrogen-bond acceptors (Lipinski definition) is 4. The van der Waals surface area contributed by atoms with E-state index in [-0.39, 0.29) is 16.7 Å². The molecule has 0 heterocycles. The minimum absolute atomic E-state index is 0.105. The Labute approximate surface area is 120 Å². The molecule has 0 bridgehead atoms. The van der Waals surface area contributed by atoms with Crippen LogP contribution >= 0.6 is 0 Å². The largest absolute Gasteiger partial charge is 0.507 e. The number of ether oxygens (including phenoxy) is 1. The second-order valence-electron chi connectivity index (χ2n) is 6.57. The fraction of sp³-hybridized carbons (Fsp3) is 0.562. The zero-order chi connectivity index (χ0) is 15.3. The second-order valence-corrected chi connectivity index (χ2v) is 6.57. The Morgan fingerprint density at radius 2 is 2.05 bits per heavy atom. The van der Waals surface area contributed by atoms with Gasteiger partial charge in [0.15, 0.2) is 0 Å². The summed E-state index contributed by atoms with van der Waals surface area (Å²) in [5, 5.41) is 9.61. The minimum Gasteiger partial charge on any atom is -0.507 e. The Balaban J connectivity index is 2.46. The van der Waals surface area contributed by atoms with Crippen molar-refractivity contribution in [2.45, 2.75) is 40.5 Å². The molecule has 1 aromatic carbocycles. The second kappa shape index (κ2) is 6.64. The molecule has 0 aliphatic carbocycles. The molecule has 1 aromatic rings. The molecule has 4 nitrogen and oxygen atoms in total. The Morgan fingerprint density at radius 1 is 1.40 bits per heavy atom. The van der Waals surface area contributed by atoms with Crippen LogP contribution in [0, 0.1) is 11.3 Å². The number of phenolic OH excluding ortho intramolecular Hbond substituents is 1. The van der Waals surface area contributed by atoms with Gasteiger partial charge in [-0.2, -0.15) is 0 Å². The highest BCUT2D eigenvalue weighted by atomic mass is 16.5. The van der Waals surface area contributed by atoms with Crippen LogP contribution < -0.4 is 5.73 Å². The maximum atomic E-state index is 11.8. The summed E-state index contributed by atoms with van der Waals surface area (Å²) >= 11 is 0. The summed E-state index contributed by atoms with van der Waals surface area (Å²) in [6.07, 6.45) is 1.89. The van der Waals surface area contributed by atoms with Gasteiger partial charge < -0.3 is 15.6 Å². The van der Waals surface area contributed by atoms with Crippen LogP contribution in [0.2, 0.25) is 0 Å². The van der Waals surface area contributed by atoms with Gasteiger partial charge in [-0.25, -0.2) is 4.79 Å². The number of nitrogens with two attached hydrogens (primary N) is 1. The summed E-state index contributed by atoms with van der Waals surface area (Å²) in [4.78, 5) is 11.8. The van der Waals surface area contributed by atoms with Gasteiger partial charge in [-0.05, 0) is 42.4 Å². The Bertz CT molecular complexity index is 463. The van der Waals surface area contributed by atoms with E-state index in [0.717, 1.165) is 12.8 Å². The van der Waals surface area contributed by atoms with E-state index in [1.165, 1.54) is 18.2 Å². The molecule has 4 heteroatoms. The first-order valence-electron chi connectivity index (χ1n) is 6.94. The van der Waals surface area contributed by atoms with E-state index in [9.17, 15) is 9.90 Å². The molecule has 20 heavy (non-hydrogen) atoms. The monoisotopic (exact) mass is 279 g/mol. The lowest BCUT2D eigenvalue weighted by Crippen LogP contribution is -2.14. The molecular formula is C16H25NO3. The summed E-state index contributed by atoms with van der Waals surface area (Å²) in [7, 11) is 0. The summed E-state index contributed by atoms with van der Waals surface area (Å²) < 4.78 is 5.19. The number of benzene rings is 1. The van der Waals surface area contributed by atoms with Gasteiger partial charge in [0.2, 0.25) is 0 Å². The molecule has 3 N–H and O–H groups in total. The molecule has 0 saturated carbocycles. The number of aromatic hydroxyl groups is 1. The number of hydrogen-bond donors (Lipinski definition) is 2. The van der Waals surface area contributed by atoms with Crippen LogP contribution in [0.25, 0.3) is 0 Å². The van der Waals surface area contributed by atoms with Crippen molar-refractivity contribution >= 4 is 11.7 Å². The maximum absolute atomic E-state index is 11.8. The topological polar surface area (TPSA) is 72.5 Å². The van der Waals surface area contributed by atoms with E-state index in [2.05, 4.69) is 27.7 Å². The number of carbonyl (C=O) groups is 1. The molecule has 0 saturated heterocycles. The molecule has 0 unspecified atom stereocenters. The van der Waals surface area contributed by atoms with E-state index >= 15 is 0 Å². The molecule has 0 aliphatic rings. The Morgan fingerprint density at radius 3 is 2.65 bits per heavy atom. The third-order valence-electron chi connectivity index (χ3n) is 3.05. The molecule has 0 spiro atoms. The fourth-order valence-corrected chi connectivity index (χ4v) is 2.30. The van der Waals surface area contributed by atoms with E-state index in [0.29, 0.717) is 18.2 Å². The van der Waals surface area contributed by atoms with Crippen molar-refractivity contribution in [3.63, 3.8) is 0 Å². The van der Waals surface area contributed by atoms with Crippen molar-refractivity contribution in [3.05, 3.63) is 23.8 Å². The number of rotatable bonds is 5. The standard InChI is InChI=1S/C16H25NO3/c1-11(10-16(2,3)4)7-8-20-15(19)13-9-12(17)5-6-14(13)18/h5-6,9,11,18H,7-8,10,17H2,1-4H3/t11-/m0/s1. The normalized spacial score (nSPS) is 13.0. The van der Waals surface area contributed by atoms with Crippen LogP contribution in [0.5, 0.6) is 5.75 Å². The van der Waals surface area contributed by atoms with Gasteiger partial charge in [0, 0.05) is 5.69 Å². The van der Waals surface area contributed by atoms with Crippen molar-refractivity contribution < 1.29 is 14.6 Å². The average Bonchev–Trinajstić information content (AvgIpc) is 2.29. The molecule has 0 amide bonds. The van der Waals surface area contributed by atoms with Gasteiger partial charge in [0.25, 0.3) is 0 Å². The van der Waals surface area contributed by atoms with Gasteiger partial charge in [-0.15, -0.1) is 0 Å². The van der Waals surface area contributed by atoms with E-state index in [1.807, 2.05) is 0 Å². The lowest BCUT2D eigenvalue weighted by molar-refractivity contribution is 0.0475. The first-order chi connectivity index (χ1) is 9.19. The molecule has 0 radical (unpaired) electrons. The molecule has 0 aromatic heterocycles. The molecule has 1 rings (SSSR count). The highest BCUT2D eigenvalue weighted by Crippen LogP contribution is 2.26. The van der Waals surface area contributed by atoms with E-state index < -0.39 is 5.97 Å². The number of nitrogen functional groups attached to an aromatic ring is 1. The molecular weight excluding hydrogens is 254 g/mol. The quantitative estimate of drug-likeness (QED) is 0.491. The SMILES string of the molecule is C[C@@H](CCOC(=O)c1cc(N)ccc1O)CC(C)(C)C. The number of phenols is 1. The predicted octanol–water partition coefficient (Wildman–Crippen LogP) is 3.59. The fourth-order valence-electron chi connectivity index (χ4n) is 2.30. The van der Waals surface area contributed by atoms with Crippen LogP contribution in [0.15, 0.2) is 18.2 Å². The first-order valence-corrected chi connectivity index (χ1v) is 6.94.